The molecule has 0 bridgehead atoms. The number of hydrogen-bond acceptors (Lipinski definition) is 6. The van der Waals surface area contributed by atoms with E-state index in [9.17, 15) is 22.8 Å². The minimum atomic E-state index is -4.66. The fourth-order valence-corrected chi connectivity index (χ4v) is 4.77. The van der Waals surface area contributed by atoms with Crippen molar-refractivity contribution in [2.75, 3.05) is 33.8 Å². The van der Waals surface area contributed by atoms with E-state index in [4.69, 9.17) is 18.9 Å². The molecule has 2 amide bonds. The number of fused-ring (bicyclic) bond motifs is 3. The van der Waals surface area contributed by atoms with Crippen LogP contribution in [0, 0.1) is 0 Å². The Kier molecular flexibility index (Phi) is 7.89. The Bertz CT molecular complexity index is 1460. The van der Waals surface area contributed by atoms with E-state index in [0.717, 1.165) is 11.6 Å². The van der Waals surface area contributed by atoms with Crippen molar-refractivity contribution < 1.29 is 36.9 Å². The summed E-state index contributed by atoms with van der Waals surface area (Å²) in [6.07, 6.45) is -3.92. The van der Waals surface area contributed by atoms with Crippen molar-refractivity contribution in [3.63, 3.8) is 0 Å². The van der Waals surface area contributed by atoms with Crippen LogP contribution in [-0.4, -0.2) is 34.5 Å². The van der Waals surface area contributed by atoms with Crippen molar-refractivity contribution in [2.45, 2.75) is 25.1 Å². The molecule has 4 rings (SSSR count). The van der Waals surface area contributed by atoms with Crippen LogP contribution in [0.4, 0.5) is 23.7 Å². The number of halogens is 3. The third-order valence-corrected chi connectivity index (χ3v) is 6.51. The summed E-state index contributed by atoms with van der Waals surface area (Å²) >= 11 is 0. The zero-order chi connectivity index (χ0) is 28.3. The maximum Gasteiger partial charge on any atom is 0.418 e. The number of aryl methyl sites for hydroxylation is 1. The van der Waals surface area contributed by atoms with Gasteiger partial charge in [-0.2, -0.15) is 13.2 Å². The molecule has 0 spiro atoms. The highest BCUT2D eigenvalue weighted by molar-refractivity contribution is 5.91. The molecule has 0 aliphatic heterocycles. The van der Waals surface area contributed by atoms with Gasteiger partial charge in [0, 0.05) is 5.56 Å². The van der Waals surface area contributed by atoms with Crippen molar-refractivity contribution >= 4 is 11.7 Å². The molecule has 39 heavy (non-hydrogen) atoms. The smallest absolute Gasteiger partial charge is 0.418 e. The summed E-state index contributed by atoms with van der Waals surface area (Å²) in [5, 5.41) is 5.05. The lowest BCUT2D eigenvalue weighted by molar-refractivity contribution is -0.136. The number of carbonyl (C=O) groups excluding carboxylic acids is 1. The number of rotatable bonds is 6. The van der Waals surface area contributed by atoms with E-state index in [1.54, 1.807) is 12.1 Å². The lowest BCUT2D eigenvalue weighted by atomic mass is 9.95. The molecule has 11 heteroatoms. The Balaban J connectivity index is 1.83. The number of para-hydroxylation sites is 1. The molecule has 0 heterocycles. The standard InChI is InChI=1S/C28H27F3N2O6/c1-36-22-12-10-16-17(14-21(22)34)19(32-27(35)33-20-8-6-5-7-18(20)28(29,30)31)11-9-15-13-23(37-2)25(38-3)26(39-4)24(15)16/h5-8,10,12-14,19H,9,11H2,1-4H3,(H2,32,33,35)/t19-/m0/s1. The highest BCUT2D eigenvalue weighted by Crippen LogP contribution is 2.50. The normalized spacial score (nSPS) is 14.3. The van der Waals surface area contributed by atoms with Gasteiger partial charge in [0.15, 0.2) is 17.2 Å². The van der Waals surface area contributed by atoms with Crippen LogP contribution in [0.1, 0.15) is 29.2 Å². The third kappa shape index (κ3) is 5.43. The zero-order valence-electron chi connectivity index (χ0n) is 21.7. The summed E-state index contributed by atoms with van der Waals surface area (Å²) in [5.41, 5.74) is 0.631. The van der Waals surface area contributed by atoms with Gasteiger partial charge in [0.25, 0.3) is 0 Å². The average molecular weight is 545 g/mol. The highest BCUT2D eigenvalue weighted by atomic mass is 19.4. The quantitative estimate of drug-likeness (QED) is 0.421. The van der Waals surface area contributed by atoms with Crippen LogP contribution in [-0.2, 0) is 12.6 Å². The summed E-state index contributed by atoms with van der Waals surface area (Å²) < 4.78 is 62.4. The molecule has 1 atom stereocenters. The van der Waals surface area contributed by atoms with Gasteiger partial charge in [-0.1, -0.05) is 18.2 Å². The maximum atomic E-state index is 13.5. The van der Waals surface area contributed by atoms with Gasteiger partial charge >= 0.3 is 12.2 Å². The first-order chi connectivity index (χ1) is 18.6. The van der Waals surface area contributed by atoms with Crippen molar-refractivity contribution in [1.29, 1.82) is 0 Å². The van der Waals surface area contributed by atoms with E-state index in [1.807, 2.05) is 0 Å². The minimum Gasteiger partial charge on any atom is -0.493 e. The van der Waals surface area contributed by atoms with E-state index in [2.05, 4.69) is 10.6 Å². The minimum absolute atomic E-state index is 0.0753. The zero-order valence-corrected chi connectivity index (χ0v) is 21.7. The lowest BCUT2D eigenvalue weighted by Crippen LogP contribution is -2.33. The topological polar surface area (TPSA) is 95.1 Å². The number of alkyl halides is 3. The number of methoxy groups -OCH3 is 4. The molecule has 0 radical (unpaired) electrons. The first-order valence-corrected chi connectivity index (χ1v) is 11.9. The van der Waals surface area contributed by atoms with Crippen molar-refractivity contribution in [3.8, 4) is 34.1 Å². The maximum absolute atomic E-state index is 13.5. The predicted molar refractivity (Wildman–Crippen MR) is 139 cm³/mol. The number of carbonyl (C=O) groups is 1. The van der Waals surface area contributed by atoms with Gasteiger partial charge in [0.05, 0.1) is 45.7 Å². The number of amides is 2. The Hall–Kier alpha value is -4.41. The summed E-state index contributed by atoms with van der Waals surface area (Å²) in [4.78, 5) is 26.0. The average Bonchev–Trinajstić information content (AvgIpc) is 3.15. The second-order valence-corrected chi connectivity index (χ2v) is 8.69. The largest absolute Gasteiger partial charge is 0.493 e. The van der Waals surface area contributed by atoms with E-state index < -0.39 is 29.2 Å². The van der Waals surface area contributed by atoms with Crippen LogP contribution in [0.15, 0.2) is 53.3 Å². The predicted octanol–water partition coefficient (Wildman–Crippen LogP) is 5.58. The fourth-order valence-electron chi connectivity index (χ4n) is 4.77. The number of ether oxygens (including phenoxy) is 4. The molecule has 2 N–H and O–H groups in total. The molecular formula is C28H27F3N2O6. The molecule has 1 aliphatic rings. The summed E-state index contributed by atoms with van der Waals surface area (Å²) in [6.45, 7) is 0. The van der Waals surface area contributed by atoms with Gasteiger partial charge in [-0.05, 0) is 59.9 Å². The summed E-state index contributed by atoms with van der Waals surface area (Å²) in [7, 11) is 5.82. The Morgan fingerprint density at radius 1 is 0.897 bits per heavy atom. The van der Waals surface area contributed by atoms with Crippen LogP contribution in [0.2, 0.25) is 0 Å². The molecule has 0 saturated heterocycles. The number of benzene rings is 2. The van der Waals surface area contributed by atoms with Crippen LogP contribution in [0.25, 0.3) is 11.1 Å². The monoisotopic (exact) mass is 544 g/mol. The Morgan fingerprint density at radius 3 is 2.23 bits per heavy atom. The molecule has 0 unspecified atom stereocenters. The van der Waals surface area contributed by atoms with Gasteiger partial charge < -0.3 is 29.6 Å². The number of hydrogen-bond donors (Lipinski definition) is 2. The summed E-state index contributed by atoms with van der Waals surface area (Å²) in [5.74, 6) is 1.23. The van der Waals surface area contributed by atoms with Gasteiger partial charge in [-0.3, -0.25) is 4.79 Å². The van der Waals surface area contributed by atoms with Gasteiger partial charge in [0.2, 0.25) is 11.2 Å². The Morgan fingerprint density at radius 2 is 1.59 bits per heavy atom. The molecule has 3 aromatic carbocycles. The molecule has 0 aromatic heterocycles. The molecule has 0 fully saturated rings. The second-order valence-electron chi connectivity index (χ2n) is 8.69. The number of urea groups is 1. The van der Waals surface area contributed by atoms with Gasteiger partial charge in [-0.15, -0.1) is 0 Å². The Labute approximate surface area is 222 Å². The van der Waals surface area contributed by atoms with E-state index in [0.29, 0.717) is 46.8 Å². The number of anilines is 1. The van der Waals surface area contributed by atoms with E-state index in [-0.39, 0.29) is 11.4 Å². The van der Waals surface area contributed by atoms with Crippen LogP contribution >= 0.6 is 0 Å². The van der Waals surface area contributed by atoms with Crippen molar-refractivity contribution in [1.82, 2.24) is 5.32 Å². The molecule has 3 aromatic rings. The molecule has 8 nitrogen and oxygen atoms in total. The number of nitrogens with one attached hydrogen (secondary N) is 2. The van der Waals surface area contributed by atoms with Crippen molar-refractivity contribution in [3.05, 3.63) is 75.4 Å². The second kappa shape index (κ2) is 11.1. The van der Waals surface area contributed by atoms with Crippen LogP contribution in [0.3, 0.4) is 0 Å². The molecule has 1 aliphatic carbocycles. The molecule has 0 saturated carbocycles. The van der Waals surface area contributed by atoms with Gasteiger partial charge in [0.1, 0.15) is 0 Å². The third-order valence-electron chi connectivity index (χ3n) is 6.51. The summed E-state index contributed by atoms with van der Waals surface area (Å²) in [6, 6.07) is 9.43. The SMILES string of the molecule is COc1cc2c(c(OC)c1OC)-c1ccc(OC)c(=O)cc1[C@@H](NC(=O)Nc1ccccc1C(F)(F)F)CC2. The first kappa shape index (κ1) is 27.6. The molecular weight excluding hydrogens is 517 g/mol. The van der Waals surface area contributed by atoms with Crippen LogP contribution < -0.4 is 35.0 Å². The van der Waals surface area contributed by atoms with Crippen LogP contribution in [0.5, 0.6) is 23.0 Å². The molecule has 206 valence electrons. The fraction of sp³-hybridized carbons (Fsp3) is 0.286. The lowest BCUT2D eigenvalue weighted by Gasteiger charge is -2.20. The van der Waals surface area contributed by atoms with E-state index >= 15 is 0 Å². The van der Waals surface area contributed by atoms with E-state index in [1.165, 1.54) is 58.8 Å². The first-order valence-electron chi connectivity index (χ1n) is 11.9. The van der Waals surface area contributed by atoms with Gasteiger partial charge in [-0.25, -0.2) is 4.79 Å². The highest BCUT2D eigenvalue weighted by Gasteiger charge is 2.34. The van der Waals surface area contributed by atoms with Crippen molar-refractivity contribution in [2.24, 2.45) is 0 Å².